The van der Waals surface area contributed by atoms with Crippen molar-refractivity contribution >= 4 is 41.2 Å². The van der Waals surface area contributed by atoms with Gasteiger partial charge in [0, 0.05) is 5.88 Å². The Hall–Kier alpha value is 0.307. The lowest BCUT2D eigenvalue weighted by Gasteiger charge is -2.13. The molecule has 0 N–H and O–H groups in total. The Balaban J connectivity index is 2.48. The third-order valence-corrected chi connectivity index (χ3v) is 4.63. The highest BCUT2D eigenvalue weighted by molar-refractivity contribution is 7.33. The molecule has 1 atom stereocenters. The number of hydrogen-bond acceptors (Lipinski definition) is 0. The fraction of sp³-hybridized carbons (Fsp3) is 0.400. The quantitative estimate of drug-likeness (QED) is 0.433. The van der Waals surface area contributed by atoms with Crippen molar-refractivity contribution < 1.29 is 0 Å². The average Bonchev–Trinajstić information content (AvgIpc) is 2.17. The second kappa shape index (κ2) is 6.73. The minimum atomic E-state index is -1.53. The zero-order chi connectivity index (χ0) is 10.4. The van der Waals surface area contributed by atoms with Gasteiger partial charge in [0.2, 0.25) is 7.42 Å². The molecule has 0 radical (unpaired) electrons. The van der Waals surface area contributed by atoms with E-state index >= 15 is 0 Å². The molecule has 1 unspecified atom stereocenters. The van der Waals surface area contributed by atoms with Crippen LogP contribution in [0.1, 0.15) is 5.56 Å². The number of halogens is 3. The number of alkyl halides is 1. The van der Waals surface area contributed by atoms with E-state index in [2.05, 4.69) is 12.1 Å². The second-order valence-corrected chi connectivity index (χ2v) is 8.73. The van der Waals surface area contributed by atoms with E-state index in [0.717, 1.165) is 12.5 Å². The van der Waals surface area contributed by atoms with Crippen molar-refractivity contribution in [3.63, 3.8) is 0 Å². The molecule has 0 nitrogen and oxygen atoms in total. The summed E-state index contributed by atoms with van der Waals surface area (Å²) in [5.41, 5.74) is 1.31. The monoisotopic (exact) mass is 266 g/mol. The van der Waals surface area contributed by atoms with Crippen molar-refractivity contribution in [3.05, 3.63) is 35.9 Å². The van der Waals surface area contributed by atoms with Crippen LogP contribution in [0.4, 0.5) is 0 Å². The molecular weight excluding hydrogens is 255 g/mol. The van der Waals surface area contributed by atoms with Crippen LogP contribution in [0.15, 0.2) is 30.3 Å². The maximum Gasteiger partial charge on any atom is 0.237 e. The second-order valence-electron chi connectivity index (χ2n) is 3.34. The van der Waals surface area contributed by atoms with Gasteiger partial charge in [0.25, 0.3) is 0 Å². The SMILES string of the molecule is ClCC(Cc1ccccc1)C[SiH](Cl)Cl. The van der Waals surface area contributed by atoms with E-state index in [-0.39, 0.29) is 0 Å². The summed E-state index contributed by atoms with van der Waals surface area (Å²) < 4.78 is 0. The van der Waals surface area contributed by atoms with Crippen molar-refractivity contribution in [1.29, 1.82) is 0 Å². The highest BCUT2D eigenvalue weighted by atomic mass is 35.7. The summed E-state index contributed by atoms with van der Waals surface area (Å²) in [6.07, 6.45) is 0.979. The van der Waals surface area contributed by atoms with Gasteiger partial charge in [-0.15, -0.1) is 11.6 Å². The van der Waals surface area contributed by atoms with Crippen LogP contribution < -0.4 is 0 Å². The first-order valence-electron chi connectivity index (χ1n) is 4.60. The van der Waals surface area contributed by atoms with Crippen molar-refractivity contribution in [1.82, 2.24) is 0 Å². The third kappa shape index (κ3) is 4.69. The molecule has 1 aromatic rings. The van der Waals surface area contributed by atoms with Crippen LogP contribution in [0.25, 0.3) is 0 Å². The van der Waals surface area contributed by atoms with Crippen LogP contribution in [-0.4, -0.2) is 13.3 Å². The molecule has 1 aromatic carbocycles. The lowest BCUT2D eigenvalue weighted by atomic mass is 10.0. The molecule has 0 aromatic heterocycles. The Bertz CT molecular complexity index is 251. The zero-order valence-electron chi connectivity index (χ0n) is 7.80. The first kappa shape index (κ1) is 12.4. The predicted octanol–water partition coefficient (Wildman–Crippen LogP) is 3.78. The van der Waals surface area contributed by atoms with Crippen LogP contribution in [0.2, 0.25) is 6.04 Å². The smallest absolute Gasteiger partial charge is 0.150 e. The molecule has 0 aliphatic rings. The summed E-state index contributed by atoms with van der Waals surface area (Å²) in [5, 5.41) is 0. The molecule has 0 heterocycles. The summed E-state index contributed by atoms with van der Waals surface area (Å²) in [6.45, 7) is 0. The number of rotatable bonds is 5. The van der Waals surface area contributed by atoms with E-state index in [1.807, 2.05) is 18.2 Å². The van der Waals surface area contributed by atoms with Gasteiger partial charge in [-0.1, -0.05) is 30.3 Å². The van der Waals surface area contributed by atoms with E-state index in [1.54, 1.807) is 0 Å². The minimum absolute atomic E-state index is 0.422. The van der Waals surface area contributed by atoms with Crippen molar-refractivity contribution in [2.45, 2.75) is 12.5 Å². The van der Waals surface area contributed by atoms with Gasteiger partial charge in [0.15, 0.2) is 0 Å². The Morgan fingerprint density at radius 1 is 1.14 bits per heavy atom. The van der Waals surface area contributed by atoms with Gasteiger partial charge < -0.3 is 0 Å². The van der Waals surface area contributed by atoms with Crippen molar-refractivity contribution in [2.24, 2.45) is 5.92 Å². The van der Waals surface area contributed by atoms with Crippen LogP contribution in [0, 0.1) is 5.92 Å². The highest BCUT2D eigenvalue weighted by Crippen LogP contribution is 2.19. The van der Waals surface area contributed by atoms with Gasteiger partial charge in [-0.05, 0) is 23.9 Å². The molecule has 0 bridgehead atoms. The van der Waals surface area contributed by atoms with E-state index < -0.39 is 7.42 Å². The number of benzene rings is 1. The van der Waals surface area contributed by atoms with E-state index in [9.17, 15) is 0 Å². The summed E-state index contributed by atoms with van der Waals surface area (Å²) in [6, 6.07) is 11.2. The van der Waals surface area contributed by atoms with Gasteiger partial charge >= 0.3 is 0 Å². The summed E-state index contributed by atoms with van der Waals surface area (Å²) in [7, 11) is -1.53. The van der Waals surface area contributed by atoms with Gasteiger partial charge in [0.05, 0.1) is 0 Å². The van der Waals surface area contributed by atoms with E-state index in [1.165, 1.54) is 5.56 Å². The number of hydrogen-bond donors (Lipinski definition) is 0. The van der Waals surface area contributed by atoms with Gasteiger partial charge in [0.1, 0.15) is 0 Å². The molecule has 14 heavy (non-hydrogen) atoms. The lowest BCUT2D eigenvalue weighted by Crippen LogP contribution is -2.11. The Kier molecular flexibility index (Phi) is 5.95. The zero-order valence-corrected chi connectivity index (χ0v) is 11.2. The molecule has 0 aliphatic heterocycles. The normalized spacial score (nSPS) is 13.1. The van der Waals surface area contributed by atoms with Crippen molar-refractivity contribution in [2.75, 3.05) is 5.88 Å². The molecule has 0 saturated heterocycles. The summed E-state index contributed by atoms with van der Waals surface area (Å²) >= 11 is 17.6. The average molecular weight is 268 g/mol. The Morgan fingerprint density at radius 3 is 2.29 bits per heavy atom. The molecule has 0 saturated carbocycles. The summed E-state index contributed by atoms with van der Waals surface area (Å²) in [5.74, 6) is 1.06. The van der Waals surface area contributed by atoms with Gasteiger partial charge in [-0.2, -0.15) is 22.2 Å². The van der Waals surface area contributed by atoms with Crippen molar-refractivity contribution in [3.8, 4) is 0 Å². The fourth-order valence-corrected chi connectivity index (χ4v) is 4.20. The molecule has 0 aliphatic carbocycles. The first-order valence-corrected chi connectivity index (χ1v) is 9.44. The molecule has 4 heteroatoms. The highest BCUT2D eigenvalue weighted by Gasteiger charge is 2.13. The molecule has 1 rings (SSSR count). The van der Waals surface area contributed by atoms with E-state index in [4.69, 9.17) is 33.8 Å². The van der Waals surface area contributed by atoms with Crippen LogP contribution in [0.5, 0.6) is 0 Å². The van der Waals surface area contributed by atoms with E-state index in [0.29, 0.717) is 11.8 Å². The maximum atomic E-state index is 5.87. The van der Waals surface area contributed by atoms with Crippen LogP contribution in [-0.2, 0) is 6.42 Å². The molecule has 0 amide bonds. The summed E-state index contributed by atoms with van der Waals surface area (Å²) in [4.78, 5) is 0. The molecular formula is C10H13Cl3Si. The van der Waals surface area contributed by atoms with Crippen LogP contribution >= 0.6 is 33.8 Å². The maximum absolute atomic E-state index is 5.87. The minimum Gasteiger partial charge on any atom is -0.150 e. The fourth-order valence-electron chi connectivity index (χ4n) is 1.40. The molecule has 78 valence electrons. The predicted molar refractivity (Wildman–Crippen MR) is 68.0 cm³/mol. The third-order valence-electron chi connectivity index (χ3n) is 2.10. The van der Waals surface area contributed by atoms with Gasteiger partial charge in [-0.3, -0.25) is 0 Å². The Morgan fingerprint density at radius 2 is 1.79 bits per heavy atom. The molecule has 0 spiro atoms. The lowest BCUT2D eigenvalue weighted by molar-refractivity contribution is 0.652. The van der Waals surface area contributed by atoms with Crippen LogP contribution in [0.3, 0.4) is 0 Å². The van der Waals surface area contributed by atoms with Gasteiger partial charge in [-0.25, -0.2) is 0 Å². The topological polar surface area (TPSA) is 0 Å². The Labute approximate surface area is 101 Å². The standard InChI is InChI=1S/C10H13Cl3Si/c11-7-10(8-14(12)13)6-9-4-2-1-3-5-9/h1-5,10,14H,6-8H2. The largest absolute Gasteiger partial charge is 0.237 e. The first-order chi connectivity index (χ1) is 6.72. The molecule has 0 fully saturated rings.